The molecule has 0 radical (unpaired) electrons. The predicted octanol–water partition coefficient (Wildman–Crippen LogP) is 3.54. The molecule has 26 heavy (non-hydrogen) atoms. The van der Waals surface area contributed by atoms with E-state index in [1.807, 2.05) is 48.5 Å². The van der Waals surface area contributed by atoms with Crippen LogP contribution in [-0.4, -0.2) is 17.9 Å². The highest BCUT2D eigenvalue weighted by molar-refractivity contribution is 6.07. The predicted molar refractivity (Wildman–Crippen MR) is 103 cm³/mol. The number of fused-ring (bicyclic) bond motifs is 1. The van der Waals surface area contributed by atoms with Crippen LogP contribution in [0.3, 0.4) is 0 Å². The van der Waals surface area contributed by atoms with Gasteiger partial charge in [-0.1, -0.05) is 68.8 Å². The van der Waals surface area contributed by atoms with Gasteiger partial charge in [0.25, 0.3) is 5.91 Å². The first-order valence-electron chi connectivity index (χ1n) is 9.03. The summed E-state index contributed by atoms with van der Waals surface area (Å²) in [4.78, 5) is 25.0. The molecule has 1 aliphatic heterocycles. The fourth-order valence-corrected chi connectivity index (χ4v) is 3.23. The summed E-state index contributed by atoms with van der Waals surface area (Å²) >= 11 is 0. The van der Waals surface area contributed by atoms with E-state index in [0.29, 0.717) is 12.1 Å². The molecule has 2 amide bonds. The molecule has 0 aliphatic carbocycles. The molecule has 3 rings (SSSR count). The van der Waals surface area contributed by atoms with Crippen molar-refractivity contribution in [2.45, 2.75) is 32.9 Å². The number of carbonyl (C=O) groups is 2. The van der Waals surface area contributed by atoms with Crippen LogP contribution in [0.1, 0.15) is 41.8 Å². The van der Waals surface area contributed by atoms with E-state index >= 15 is 0 Å². The highest BCUT2D eigenvalue weighted by Gasteiger charge is 2.31. The summed E-state index contributed by atoms with van der Waals surface area (Å²) in [5.74, 6) is 0.0105. The second-order valence-electron chi connectivity index (χ2n) is 6.69. The molecule has 0 spiro atoms. The molecule has 2 aromatic rings. The lowest BCUT2D eigenvalue weighted by atomic mass is 9.82. The zero-order valence-electron chi connectivity index (χ0n) is 15.2. The van der Waals surface area contributed by atoms with Crippen LogP contribution < -0.4 is 10.6 Å². The highest BCUT2D eigenvalue weighted by Crippen LogP contribution is 2.31. The third-order valence-electron chi connectivity index (χ3n) is 4.91. The average Bonchev–Trinajstić information content (AvgIpc) is 2.68. The van der Waals surface area contributed by atoms with Crippen LogP contribution in [0.25, 0.3) is 5.57 Å². The van der Waals surface area contributed by atoms with Crippen LogP contribution in [0.5, 0.6) is 0 Å². The van der Waals surface area contributed by atoms with Crippen molar-refractivity contribution in [3.8, 4) is 0 Å². The van der Waals surface area contributed by atoms with E-state index in [1.165, 1.54) is 0 Å². The van der Waals surface area contributed by atoms with E-state index in [0.717, 1.165) is 23.1 Å². The SMILES string of the molecule is CCC(C)C1NC(=O)c2ccccc2/C1=C/C(=O)NCc1ccccc1. The minimum atomic E-state index is -0.162. The van der Waals surface area contributed by atoms with Crippen molar-refractivity contribution in [1.29, 1.82) is 0 Å². The van der Waals surface area contributed by atoms with Crippen molar-refractivity contribution < 1.29 is 9.59 Å². The lowest BCUT2D eigenvalue weighted by Crippen LogP contribution is -2.44. The van der Waals surface area contributed by atoms with Gasteiger partial charge >= 0.3 is 0 Å². The number of hydrogen-bond acceptors (Lipinski definition) is 2. The molecular formula is C22H24N2O2. The van der Waals surface area contributed by atoms with Gasteiger partial charge in [0.15, 0.2) is 0 Å². The minimum absolute atomic E-state index is 0.0762. The van der Waals surface area contributed by atoms with E-state index in [9.17, 15) is 9.59 Å². The Labute approximate surface area is 154 Å². The van der Waals surface area contributed by atoms with Crippen LogP contribution in [0, 0.1) is 5.92 Å². The zero-order chi connectivity index (χ0) is 18.5. The molecule has 0 aromatic heterocycles. The van der Waals surface area contributed by atoms with Crippen molar-refractivity contribution in [3.63, 3.8) is 0 Å². The molecule has 2 unspecified atom stereocenters. The summed E-state index contributed by atoms with van der Waals surface area (Å²) in [5.41, 5.74) is 3.39. The highest BCUT2D eigenvalue weighted by atomic mass is 16.2. The molecular weight excluding hydrogens is 324 g/mol. The third-order valence-corrected chi connectivity index (χ3v) is 4.91. The first kappa shape index (κ1) is 17.9. The summed E-state index contributed by atoms with van der Waals surface area (Å²) in [6.07, 6.45) is 2.55. The summed E-state index contributed by atoms with van der Waals surface area (Å²) in [6.45, 7) is 4.66. The molecule has 4 nitrogen and oxygen atoms in total. The molecule has 0 bridgehead atoms. The van der Waals surface area contributed by atoms with Crippen molar-refractivity contribution in [2.75, 3.05) is 0 Å². The van der Waals surface area contributed by atoms with E-state index in [4.69, 9.17) is 0 Å². The van der Waals surface area contributed by atoms with Crippen LogP contribution >= 0.6 is 0 Å². The maximum absolute atomic E-state index is 12.5. The normalized spacial score (nSPS) is 18.8. The van der Waals surface area contributed by atoms with E-state index in [2.05, 4.69) is 24.5 Å². The Morgan fingerprint density at radius 3 is 2.46 bits per heavy atom. The Morgan fingerprint density at radius 1 is 1.12 bits per heavy atom. The standard InChI is InChI=1S/C22H24N2O2/c1-3-15(2)21-19(17-11-7-8-12-18(17)22(26)24-21)13-20(25)23-14-16-9-5-4-6-10-16/h4-13,15,21H,3,14H2,1-2H3,(H,23,25)(H,24,26)/b19-13-. The Hall–Kier alpha value is -2.88. The smallest absolute Gasteiger partial charge is 0.252 e. The molecule has 1 heterocycles. The van der Waals surface area contributed by atoms with Gasteiger partial charge < -0.3 is 10.6 Å². The van der Waals surface area contributed by atoms with Gasteiger partial charge in [-0.2, -0.15) is 0 Å². The molecule has 1 aliphatic rings. The van der Waals surface area contributed by atoms with Crippen molar-refractivity contribution in [3.05, 3.63) is 77.4 Å². The van der Waals surface area contributed by atoms with Gasteiger partial charge in [0.05, 0.1) is 6.04 Å². The van der Waals surface area contributed by atoms with E-state index < -0.39 is 0 Å². The first-order chi connectivity index (χ1) is 12.6. The monoisotopic (exact) mass is 348 g/mol. The molecule has 134 valence electrons. The van der Waals surface area contributed by atoms with Crippen molar-refractivity contribution in [1.82, 2.24) is 10.6 Å². The fraction of sp³-hybridized carbons (Fsp3) is 0.273. The van der Waals surface area contributed by atoms with Gasteiger partial charge in [0.1, 0.15) is 0 Å². The molecule has 0 saturated heterocycles. The summed E-state index contributed by atoms with van der Waals surface area (Å²) < 4.78 is 0. The Bertz CT molecular complexity index is 827. The van der Waals surface area contributed by atoms with Gasteiger partial charge in [0, 0.05) is 18.2 Å². The fourth-order valence-electron chi connectivity index (χ4n) is 3.23. The number of carbonyl (C=O) groups excluding carboxylic acids is 2. The molecule has 0 saturated carbocycles. The second kappa shape index (κ2) is 8.00. The molecule has 2 aromatic carbocycles. The van der Waals surface area contributed by atoms with Gasteiger partial charge in [0.2, 0.25) is 5.91 Å². The molecule has 2 atom stereocenters. The van der Waals surface area contributed by atoms with E-state index in [-0.39, 0.29) is 23.8 Å². The second-order valence-corrected chi connectivity index (χ2v) is 6.69. The van der Waals surface area contributed by atoms with Gasteiger partial charge in [-0.25, -0.2) is 0 Å². The van der Waals surface area contributed by atoms with Gasteiger partial charge in [-0.3, -0.25) is 9.59 Å². The van der Waals surface area contributed by atoms with Crippen LogP contribution in [0.15, 0.2) is 60.7 Å². The lowest BCUT2D eigenvalue weighted by Gasteiger charge is -2.32. The van der Waals surface area contributed by atoms with Crippen molar-refractivity contribution >= 4 is 17.4 Å². The number of benzene rings is 2. The van der Waals surface area contributed by atoms with Crippen molar-refractivity contribution in [2.24, 2.45) is 5.92 Å². The Balaban J connectivity index is 1.87. The third kappa shape index (κ3) is 3.85. The molecule has 0 fully saturated rings. The number of nitrogens with one attached hydrogen (secondary N) is 2. The Morgan fingerprint density at radius 2 is 1.77 bits per heavy atom. The van der Waals surface area contributed by atoms with Crippen LogP contribution in [0.4, 0.5) is 0 Å². The Kier molecular flexibility index (Phi) is 5.52. The topological polar surface area (TPSA) is 58.2 Å². The molecule has 4 heteroatoms. The van der Waals surface area contributed by atoms with Gasteiger partial charge in [-0.05, 0) is 28.7 Å². The quantitative estimate of drug-likeness (QED) is 0.812. The van der Waals surface area contributed by atoms with Gasteiger partial charge in [-0.15, -0.1) is 0 Å². The maximum Gasteiger partial charge on any atom is 0.252 e. The number of rotatable bonds is 5. The largest absolute Gasteiger partial charge is 0.348 e. The zero-order valence-corrected chi connectivity index (χ0v) is 15.2. The minimum Gasteiger partial charge on any atom is -0.348 e. The summed E-state index contributed by atoms with van der Waals surface area (Å²) in [7, 11) is 0. The van der Waals surface area contributed by atoms with Crippen LogP contribution in [0.2, 0.25) is 0 Å². The summed E-state index contributed by atoms with van der Waals surface area (Å²) in [5, 5.41) is 6.00. The average molecular weight is 348 g/mol. The number of hydrogen-bond donors (Lipinski definition) is 2. The summed E-state index contributed by atoms with van der Waals surface area (Å²) in [6, 6.07) is 17.1. The van der Waals surface area contributed by atoms with Crippen LogP contribution in [-0.2, 0) is 11.3 Å². The lowest BCUT2D eigenvalue weighted by molar-refractivity contribution is -0.116. The first-order valence-corrected chi connectivity index (χ1v) is 9.03. The maximum atomic E-state index is 12.5. The van der Waals surface area contributed by atoms with E-state index in [1.54, 1.807) is 12.1 Å². The number of amides is 2. The molecule has 2 N–H and O–H groups in total.